The van der Waals surface area contributed by atoms with Crippen LogP contribution in [0.25, 0.3) is 0 Å². The molecule has 0 saturated heterocycles. The SMILES string of the molecule is CCCCCCCCCCCCCCCC(=O)OCC(COP(=O)(O)OCCN)OC(=O)CCCC(=O)/C=C/C(=O)O. The summed E-state index contributed by atoms with van der Waals surface area (Å²) in [6.45, 7) is 1.03. The number of carboxylic acid groups (broad SMARTS) is 1. The smallest absolute Gasteiger partial charge is 0.472 e. The summed E-state index contributed by atoms with van der Waals surface area (Å²) in [7, 11) is -4.46. The summed E-state index contributed by atoms with van der Waals surface area (Å²) >= 11 is 0. The Kier molecular flexibility index (Phi) is 25.2. The van der Waals surface area contributed by atoms with Gasteiger partial charge in [-0.3, -0.25) is 23.4 Å². The van der Waals surface area contributed by atoms with Crippen molar-refractivity contribution in [1.82, 2.24) is 0 Å². The molecule has 0 heterocycles. The third-order valence-electron chi connectivity index (χ3n) is 6.22. The lowest BCUT2D eigenvalue weighted by molar-refractivity contribution is -0.161. The van der Waals surface area contributed by atoms with Gasteiger partial charge < -0.3 is 25.2 Å². The number of carboxylic acids is 1. The molecule has 12 nitrogen and oxygen atoms in total. The van der Waals surface area contributed by atoms with Crippen LogP contribution in [0.3, 0.4) is 0 Å². The number of ether oxygens (including phenoxy) is 2. The van der Waals surface area contributed by atoms with Crippen LogP contribution in [-0.4, -0.2) is 66.2 Å². The van der Waals surface area contributed by atoms with Crippen molar-refractivity contribution in [3.05, 3.63) is 12.2 Å². The van der Waals surface area contributed by atoms with Crippen molar-refractivity contribution in [2.24, 2.45) is 5.73 Å². The first-order chi connectivity index (χ1) is 20.1. The molecule has 0 bridgehead atoms. The number of ketones is 1. The predicted octanol–water partition coefficient (Wildman–Crippen LogP) is 5.40. The van der Waals surface area contributed by atoms with Gasteiger partial charge in [-0.05, 0) is 18.9 Å². The molecule has 0 aliphatic rings. The Bertz CT molecular complexity index is 834. The van der Waals surface area contributed by atoms with Gasteiger partial charge in [0.15, 0.2) is 11.9 Å². The summed E-state index contributed by atoms with van der Waals surface area (Å²) in [5.74, 6) is -2.96. The normalized spacial score (nSPS) is 13.5. The number of hydrogen-bond donors (Lipinski definition) is 3. The van der Waals surface area contributed by atoms with E-state index in [9.17, 15) is 28.6 Å². The molecule has 0 spiro atoms. The zero-order valence-electron chi connectivity index (χ0n) is 25.2. The van der Waals surface area contributed by atoms with Gasteiger partial charge >= 0.3 is 25.7 Å². The van der Waals surface area contributed by atoms with Gasteiger partial charge in [-0.1, -0.05) is 84.0 Å². The standard InChI is InChI=1S/C29H52NO11P/c1-2-3-4-5-6-7-8-9-10-11-12-13-14-17-28(34)38-23-26(24-40-42(36,37)39-22-21-30)41-29(35)18-15-16-25(31)19-20-27(32)33/h19-20,26H,2-18,21-24,30H2,1H3,(H,32,33)(H,36,37)/b20-19+. The van der Waals surface area contributed by atoms with E-state index in [4.69, 9.17) is 24.8 Å². The number of unbranched alkanes of at least 4 members (excludes halogenated alkanes) is 12. The molecule has 42 heavy (non-hydrogen) atoms. The Labute approximate surface area is 250 Å². The molecule has 0 amide bonds. The fourth-order valence-electron chi connectivity index (χ4n) is 3.94. The van der Waals surface area contributed by atoms with Gasteiger partial charge in [0.05, 0.1) is 13.2 Å². The van der Waals surface area contributed by atoms with Crippen molar-refractivity contribution in [1.29, 1.82) is 0 Å². The first-order valence-electron chi connectivity index (χ1n) is 15.2. The van der Waals surface area contributed by atoms with Crippen LogP contribution < -0.4 is 5.73 Å². The summed E-state index contributed by atoms with van der Waals surface area (Å²) in [5, 5.41) is 8.55. The van der Waals surface area contributed by atoms with Gasteiger partial charge in [-0.25, -0.2) is 9.36 Å². The van der Waals surface area contributed by atoms with Crippen LogP contribution >= 0.6 is 7.82 Å². The Morgan fingerprint density at radius 1 is 0.738 bits per heavy atom. The number of carbonyl (C=O) groups excluding carboxylic acids is 3. The van der Waals surface area contributed by atoms with E-state index < -0.39 is 44.2 Å². The second kappa shape index (κ2) is 26.5. The summed E-state index contributed by atoms with van der Waals surface area (Å²) < 4.78 is 31.9. The third-order valence-corrected chi connectivity index (χ3v) is 7.21. The molecule has 0 aromatic carbocycles. The first-order valence-corrected chi connectivity index (χ1v) is 16.7. The highest BCUT2D eigenvalue weighted by molar-refractivity contribution is 7.47. The highest BCUT2D eigenvalue weighted by atomic mass is 31.2. The van der Waals surface area contributed by atoms with E-state index in [0.717, 1.165) is 25.3 Å². The fraction of sp³-hybridized carbons (Fsp3) is 0.793. The maximum absolute atomic E-state index is 12.2. The number of rotatable bonds is 29. The van der Waals surface area contributed by atoms with E-state index in [-0.39, 0.29) is 45.4 Å². The van der Waals surface area contributed by atoms with Crippen LogP contribution in [0.1, 0.15) is 116 Å². The molecule has 2 unspecified atom stereocenters. The molecule has 0 saturated carbocycles. The van der Waals surface area contributed by atoms with Crippen LogP contribution in [0.15, 0.2) is 12.2 Å². The highest BCUT2D eigenvalue weighted by Crippen LogP contribution is 2.43. The number of phosphoric acid groups is 1. The highest BCUT2D eigenvalue weighted by Gasteiger charge is 2.26. The quantitative estimate of drug-likeness (QED) is 0.0418. The van der Waals surface area contributed by atoms with Crippen LogP contribution in [-0.2, 0) is 42.3 Å². The van der Waals surface area contributed by atoms with Crippen molar-refractivity contribution in [3.8, 4) is 0 Å². The average Bonchev–Trinajstić information content (AvgIpc) is 2.94. The van der Waals surface area contributed by atoms with Gasteiger partial charge in [-0.15, -0.1) is 0 Å². The Morgan fingerprint density at radius 3 is 1.83 bits per heavy atom. The number of hydrogen-bond acceptors (Lipinski definition) is 10. The molecular formula is C29H52NO11P. The minimum Gasteiger partial charge on any atom is -0.478 e. The molecule has 0 fully saturated rings. The van der Waals surface area contributed by atoms with Gasteiger partial charge in [0.25, 0.3) is 0 Å². The zero-order valence-corrected chi connectivity index (χ0v) is 26.1. The summed E-state index contributed by atoms with van der Waals surface area (Å²) in [4.78, 5) is 56.2. The van der Waals surface area contributed by atoms with Gasteiger partial charge in [-0.2, -0.15) is 0 Å². The number of esters is 2. The molecule has 0 aliphatic heterocycles. The van der Waals surface area contributed by atoms with Crippen LogP contribution in [0.5, 0.6) is 0 Å². The van der Waals surface area contributed by atoms with E-state index in [1.165, 1.54) is 57.8 Å². The first kappa shape index (κ1) is 39.9. The lowest BCUT2D eigenvalue weighted by Crippen LogP contribution is -2.29. The number of aliphatic carboxylic acids is 1. The van der Waals surface area contributed by atoms with Crippen molar-refractivity contribution >= 4 is 31.5 Å². The van der Waals surface area contributed by atoms with Crippen LogP contribution in [0, 0.1) is 0 Å². The number of carbonyl (C=O) groups is 4. The third kappa shape index (κ3) is 26.8. The Morgan fingerprint density at radius 2 is 1.29 bits per heavy atom. The summed E-state index contributed by atoms with van der Waals surface area (Å²) in [6, 6.07) is 0. The van der Waals surface area contributed by atoms with E-state index in [0.29, 0.717) is 12.5 Å². The minimum atomic E-state index is -4.46. The predicted molar refractivity (Wildman–Crippen MR) is 158 cm³/mol. The van der Waals surface area contributed by atoms with Crippen molar-refractivity contribution < 1.29 is 52.3 Å². The lowest BCUT2D eigenvalue weighted by Gasteiger charge is -2.19. The molecule has 0 aliphatic carbocycles. The van der Waals surface area contributed by atoms with E-state index in [1.54, 1.807) is 0 Å². The van der Waals surface area contributed by atoms with Crippen LogP contribution in [0.2, 0.25) is 0 Å². The summed E-state index contributed by atoms with van der Waals surface area (Å²) in [6.07, 6.45) is 15.8. The van der Waals surface area contributed by atoms with E-state index >= 15 is 0 Å². The molecule has 0 rings (SSSR count). The topological polar surface area (TPSA) is 189 Å². The number of allylic oxidation sites excluding steroid dienone is 1. The molecule has 2 atom stereocenters. The maximum atomic E-state index is 12.2. The van der Waals surface area contributed by atoms with Gasteiger partial charge in [0.1, 0.15) is 6.61 Å². The Hall–Kier alpha value is -2.11. The van der Waals surface area contributed by atoms with E-state index in [1.807, 2.05) is 0 Å². The van der Waals surface area contributed by atoms with E-state index in [2.05, 4.69) is 11.4 Å². The molecular weight excluding hydrogens is 569 g/mol. The number of nitrogens with two attached hydrogens (primary N) is 1. The molecule has 0 aromatic heterocycles. The molecule has 0 aromatic rings. The second-order valence-corrected chi connectivity index (χ2v) is 11.6. The van der Waals surface area contributed by atoms with Crippen molar-refractivity contribution in [2.45, 2.75) is 122 Å². The maximum Gasteiger partial charge on any atom is 0.472 e. The van der Waals surface area contributed by atoms with Crippen LogP contribution in [0.4, 0.5) is 0 Å². The largest absolute Gasteiger partial charge is 0.478 e. The monoisotopic (exact) mass is 621 g/mol. The zero-order chi connectivity index (χ0) is 31.5. The van der Waals surface area contributed by atoms with Gasteiger partial charge in [0, 0.05) is 31.9 Å². The van der Waals surface area contributed by atoms with Gasteiger partial charge in [0.2, 0.25) is 0 Å². The molecule has 4 N–H and O–H groups in total. The second-order valence-electron chi connectivity index (χ2n) is 10.2. The molecule has 0 radical (unpaired) electrons. The van der Waals surface area contributed by atoms with Crippen molar-refractivity contribution in [2.75, 3.05) is 26.4 Å². The summed E-state index contributed by atoms with van der Waals surface area (Å²) in [5.41, 5.74) is 5.25. The number of phosphoric ester groups is 1. The van der Waals surface area contributed by atoms with Crippen molar-refractivity contribution in [3.63, 3.8) is 0 Å². The molecule has 244 valence electrons. The molecule has 13 heteroatoms. The fourth-order valence-corrected chi connectivity index (χ4v) is 4.71. The average molecular weight is 622 g/mol. The Balaban J connectivity index is 4.36. The minimum absolute atomic E-state index is 0.0104. The lowest BCUT2D eigenvalue weighted by atomic mass is 10.0.